The van der Waals surface area contributed by atoms with Gasteiger partial charge in [0, 0.05) is 28.0 Å². The van der Waals surface area contributed by atoms with E-state index in [9.17, 15) is 14.9 Å². The van der Waals surface area contributed by atoms with E-state index >= 15 is 0 Å². The molecule has 7 heteroatoms. The molecular weight excluding hydrogens is 330 g/mol. The van der Waals surface area contributed by atoms with E-state index in [1.165, 1.54) is 30.0 Å². The van der Waals surface area contributed by atoms with Crippen molar-refractivity contribution in [2.45, 2.75) is 11.8 Å². The van der Waals surface area contributed by atoms with E-state index in [1.54, 1.807) is 49.6 Å². The summed E-state index contributed by atoms with van der Waals surface area (Å²) < 4.78 is 10.1. The number of carbonyl (C=O) groups is 1. The molecule has 0 saturated carbocycles. The molecule has 0 aliphatic carbocycles. The molecule has 0 amide bonds. The summed E-state index contributed by atoms with van der Waals surface area (Å²) in [6, 6.07) is 9.64. The Morgan fingerprint density at radius 1 is 1.33 bits per heavy atom. The predicted molar refractivity (Wildman–Crippen MR) is 91.4 cm³/mol. The minimum absolute atomic E-state index is 0.0152. The Morgan fingerprint density at radius 2 is 2.08 bits per heavy atom. The van der Waals surface area contributed by atoms with Crippen molar-refractivity contribution in [3.63, 3.8) is 0 Å². The van der Waals surface area contributed by atoms with Crippen molar-refractivity contribution in [1.29, 1.82) is 0 Å². The van der Waals surface area contributed by atoms with Crippen molar-refractivity contribution in [3.05, 3.63) is 75.6 Å². The minimum atomic E-state index is -0.458. The lowest BCUT2D eigenvalue weighted by Gasteiger charge is -2.03. The van der Waals surface area contributed by atoms with Crippen molar-refractivity contribution in [2.24, 2.45) is 0 Å². The van der Waals surface area contributed by atoms with Crippen LogP contribution in [0.25, 0.3) is 6.08 Å². The zero-order chi connectivity index (χ0) is 17.4. The van der Waals surface area contributed by atoms with E-state index in [2.05, 4.69) is 0 Å². The molecule has 0 bridgehead atoms. The van der Waals surface area contributed by atoms with Crippen molar-refractivity contribution in [1.82, 2.24) is 0 Å². The monoisotopic (exact) mass is 345 g/mol. The van der Waals surface area contributed by atoms with Crippen LogP contribution in [0.15, 0.2) is 69.0 Å². The summed E-state index contributed by atoms with van der Waals surface area (Å²) in [5.41, 5.74) is 0.0152. The first-order chi connectivity index (χ1) is 11.6. The van der Waals surface area contributed by atoms with Crippen LogP contribution in [0.1, 0.15) is 12.7 Å². The fourth-order valence-electron chi connectivity index (χ4n) is 1.73. The van der Waals surface area contributed by atoms with E-state index in [0.717, 1.165) is 4.90 Å². The lowest BCUT2D eigenvalue weighted by atomic mass is 10.3. The Balaban J connectivity index is 2.18. The number of nitro benzene ring substituents is 1. The highest BCUT2D eigenvalue weighted by molar-refractivity contribution is 8.03. The van der Waals surface area contributed by atoms with Crippen molar-refractivity contribution >= 4 is 29.5 Å². The molecule has 6 nitrogen and oxygen atoms in total. The molecule has 2 rings (SSSR count). The molecule has 0 aliphatic heterocycles. The van der Waals surface area contributed by atoms with Crippen LogP contribution in [0.2, 0.25) is 0 Å². The Kier molecular flexibility index (Phi) is 6.39. The maximum Gasteiger partial charge on any atom is 0.331 e. The second-order valence-corrected chi connectivity index (χ2v) is 5.65. The van der Waals surface area contributed by atoms with E-state index in [4.69, 9.17) is 9.15 Å². The average Bonchev–Trinajstić information content (AvgIpc) is 3.07. The number of nitro groups is 1. The predicted octanol–water partition coefficient (Wildman–Crippen LogP) is 4.44. The second-order valence-electron chi connectivity index (χ2n) is 4.50. The number of thioether (sulfide) groups is 1. The highest BCUT2D eigenvalue weighted by atomic mass is 32.2. The number of allylic oxidation sites excluding steroid dienone is 1. The molecule has 124 valence electrons. The van der Waals surface area contributed by atoms with Gasteiger partial charge in [0.15, 0.2) is 0 Å². The molecule has 0 aliphatic rings. The largest absolute Gasteiger partial charge is 0.465 e. The lowest BCUT2D eigenvalue weighted by Crippen LogP contribution is -1.99. The maximum atomic E-state index is 11.7. The van der Waals surface area contributed by atoms with Crippen LogP contribution in [0.4, 0.5) is 5.69 Å². The molecule has 1 aromatic heterocycles. The first-order valence-corrected chi connectivity index (χ1v) is 7.92. The van der Waals surface area contributed by atoms with Crippen molar-refractivity contribution in [3.8, 4) is 0 Å². The van der Waals surface area contributed by atoms with Crippen LogP contribution >= 0.6 is 11.8 Å². The summed E-state index contributed by atoms with van der Waals surface area (Å²) in [5, 5.41) is 10.7. The normalized spacial score (nSPS) is 11.6. The molecule has 0 spiro atoms. The van der Waals surface area contributed by atoms with Gasteiger partial charge in [-0.25, -0.2) is 4.79 Å². The van der Waals surface area contributed by atoms with E-state index in [-0.39, 0.29) is 12.3 Å². The van der Waals surface area contributed by atoms with Gasteiger partial charge >= 0.3 is 5.97 Å². The smallest absolute Gasteiger partial charge is 0.331 e. The third-order valence-corrected chi connectivity index (χ3v) is 3.78. The van der Waals surface area contributed by atoms with Gasteiger partial charge in [-0.2, -0.15) is 0 Å². The fourth-order valence-corrected chi connectivity index (χ4v) is 2.57. The van der Waals surface area contributed by atoms with Crippen LogP contribution in [0.3, 0.4) is 0 Å². The Bertz CT molecular complexity index is 748. The van der Waals surface area contributed by atoms with Gasteiger partial charge in [0.25, 0.3) is 5.69 Å². The third kappa shape index (κ3) is 5.44. The number of hydrogen-bond donors (Lipinski definition) is 0. The van der Waals surface area contributed by atoms with E-state index in [1.807, 2.05) is 0 Å². The number of ether oxygens (including phenoxy) is 1. The summed E-state index contributed by atoms with van der Waals surface area (Å²) >= 11 is 1.29. The van der Waals surface area contributed by atoms with Crippen LogP contribution in [-0.4, -0.2) is 17.5 Å². The molecule has 1 heterocycles. The number of hydrogen-bond acceptors (Lipinski definition) is 6. The molecule has 0 fully saturated rings. The third-order valence-electron chi connectivity index (χ3n) is 2.78. The number of carbonyl (C=O) groups excluding carboxylic acids is 1. The number of esters is 1. The van der Waals surface area contributed by atoms with Gasteiger partial charge in [-0.15, -0.1) is 0 Å². The van der Waals surface area contributed by atoms with Gasteiger partial charge in [-0.05, 0) is 43.3 Å². The second kappa shape index (κ2) is 8.73. The molecule has 0 unspecified atom stereocenters. The number of furan rings is 1. The zero-order valence-electron chi connectivity index (χ0n) is 12.9. The lowest BCUT2D eigenvalue weighted by molar-refractivity contribution is -0.384. The quantitative estimate of drug-likeness (QED) is 0.184. The molecule has 2 aromatic rings. The first-order valence-electron chi connectivity index (χ1n) is 7.11. The Hall–Kier alpha value is -2.80. The molecule has 0 radical (unpaired) electrons. The van der Waals surface area contributed by atoms with Gasteiger partial charge in [0.05, 0.1) is 17.8 Å². The first kappa shape index (κ1) is 17.6. The van der Waals surface area contributed by atoms with Crippen LogP contribution < -0.4 is 0 Å². The topological polar surface area (TPSA) is 82.6 Å². The number of nitrogens with zero attached hydrogens (tertiary/aromatic N) is 1. The van der Waals surface area contributed by atoms with Crippen LogP contribution in [0, 0.1) is 10.1 Å². The maximum absolute atomic E-state index is 11.7. The molecule has 1 aromatic carbocycles. The average molecular weight is 345 g/mol. The molecular formula is C17H15NO5S. The van der Waals surface area contributed by atoms with Gasteiger partial charge < -0.3 is 9.15 Å². The number of benzene rings is 1. The van der Waals surface area contributed by atoms with Gasteiger partial charge in [-0.1, -0.05) is 11.8 Å². The van der Waals surface area contributed by atoms with Gasteiger partial charge in [0.1, 0.15) is 5.76 Å². The number of rotatable bonds is 7. The summed E-state index contributed by atoms with van der Waals surface area (Å²) in [4.78, 5) is 23.3. The highest BCUT2D eigenvalue weighted by Crippen LogP contribution is 2.29. The van der Waals surface area contributed by atoms with E-state index < -0.39 is 10.9 Å². The molecule has 0 atom stereocenters. The summed E-state index contributed by atoms with van der Waals surface area (Å²) in [7, 11) is 0. The molecule has 0 N–H and O–H groups in total. The Labute approximate surface area is 143 Å². The van der Waals surface area contributed by atoms with Crippen molar-refractivity contribution in [2.75, 3.05) is 6.61 Å². The molecule has 24 heavy (non-hydrogen) atoms. The standard InChI is InChI=1S/C17H15NO5S/c1-2-22-17(19)12-16(10-7-14-4-3-11-23-14)24-15-8-5-13(6-9-15)18(20)21/h3-12H,2H2,1H3/b10-7+,16-12+. The summed E-state index contributed by atoms with van der Waals surface area (Å²) in [6.07, 6.45) is 6.37. The van der Waals surface area contributed by atoms with Gasteiger partial charge in [0.2, 0.25) is 0 Å². The van der Waals surface area contributed by atoms with Crippen molar-refractivity contribution < 1.29 is 18.9 Å². The van der Waals surface area contributed by atoms with Gasteiger partial charge in [-0.3, -0.25) is 10.1 Å². The highest BCUT2D eigenvalue weighted by Gasteiger charge is 2.07. The fraction of sp³-hybridized carbons (Fsp3) is 0.118. The summed E-state index contributed by atoms with van der Waals surface area (Å²) in [6.45, 7) is 2.01. The Morgan fingerprint density at radius 3 is 2.67 bits per heavy atom. The minimum Gasteiger partial charge on any atom is -0.465 e. The SMILES string of the molecule is CCOC(=O)/C=C(\C=C\c1ccco1)Sc1ccc([N+](=O)[O-])cc1. The zero-order valence-corrected chi connectivity index (χ0v) is 13.7. The summed E-state index contributed by atoms with van der Waals surface area (Å²) in [5.74, 6) is 0.195. The number of non-ortho nitro benzene ring substituents is 1. The van der Waals surface area contributed by atoms with Crippen LogP contribution in [-0.2, 0) is 9.53 Å². The molecule has 0 saturated heterocycles. The van der Waals surface area contributed by atoms with Crippen LogP contribution in [0.5, 0.6) is 0 Å². The van der Waals surface area contributed by atoms with E-state index in [0.29, 0.717) is 10.7 Å².